The molecule has 0 aliphatic heterocycles. The SMILES string of the molecule is C[C@H](NCc1ccccc1)c1cccc(Br)c1.Cl. The third kappa shape index (κ3) is 4.45. The van der Waals surface area contributed by atoms with E-state index in [9.17, 15) is 0 Å². The molecule has 1 N–H and O–H groups in total. The summed E-state index contributed by atoms with van der Waals surface area (Å²) in [6.45, 7) is 3.08. The Morgan fingerprint density at radius 2 is 1.78 bits per heavy atom. The Hall–Kier alpha value is -0.830. The van der Waals surface area contributed by atoms with Crippen LogP contribution >= 0.6 is 28.3 Å². The van der Waals surface area contributed by atoms with Gasteiger partial charge in [-0.15, -0.1) is 12.4 Å². The minimum atomic E-state index is 0. The standard InChI is InChI=1S/C15H16BrN.ClH/c1-12(14-8-5-9-15(16)10-14)17-11-13-6-3-2-4-7-13;/h2-10,12,17H,11H2,1H3;1H/t12-;/m0./s1. The molecular weight excluding hydrogens is 310 g/mol. The fourth-order valence-corrected chi connectivity index (χ4v) is 2.18. The summed E-state index contributed by atoms with van der Waals surface area (Å²) in [4.78, 5) is 0. The van der Waals surface area contributed by atoms with Crippen LogP contribution in [0, 0.1) is 0 Å². The van der Waals surface area contributed by atoms with E-state index in [4.69, 9.17) is 0 Å². The van der Waals surface area contributed by atoms with Crippen molar-refractivity contribution in [2.75, 3.05) is 0 Å². The van der Waals surface area contributed by atoms with Crippen molar-refractivity contribution in [1.29, 1.82) is 0 Å². The smallest absolute Gasteiger partial charge is 0.0295 e. The van der Waals surface area contributed by atoms with E-state index in [1.54, 1.807) is 0 Å². The third-order valence-corrected chi connectivity index (χ3v) is 3.30. The number of hydrogen-bond acceptors (Lipinski definition) is 1. The molecule has 0 bridgehead atoms. The van der Waals surface area contributed by atoms with Gasteiger partial charge >= 0.3 is 0 Å². The first-order valence-corrected chi connectivity index (χ1v) is 6.58. The monoisotopic (exact) mass is 325 g/mol. The Bertz CT molecular complexity index is 473. The normalized spacial score (nSPS) is 11.7. The van der Waals surface area contributed by atoms with Crippen molar-refractivity contribution in [2.24, 2.45) is 0 Å². The van der Waals surface area contributed by atoms with Gasteiger partial charge in [0.15, 0.2) is 0 Å². The molecule has 0 fully saturated rings. The number of halogens is 2. The molecule has 2 aromatic rings. The molecule has 2 rings (SSSR count). The fraction of sp³-hybridized carbons (Fsp3) is 0.200. The molecule has 1 atom stereocenters. The van der Waals surface area contributed by atoms with Crippen LogP contribution in [0.1, 0.15) is 24.1 Å². The molecule has 18 heavy (non-hydrogen) atoms. The molecule has 96 valence electrons. The zero-order valence-corrected chi connectivity index (χ0v) is 12.7. The third-order valence-electron chi connectivity index (χ3n) is 2.80. The molecule has 0 heterocycles. The molecule has 1 nitrogen and oxygen atoms in total. The Morgan fingerprint density at radius 1 is 1.06 bits per heavy atom. The highest BCUT2D eigenvalue weighted by molar-refractivity contribution is 9.10. The van der Waals surface area contributed by atoms with Crippen molar-refractivity contribution >= 4 is 28.3 Å². The Morgan fingerprint density at radius 3 is 2.44 bits per heavy atom. The largest absolute Gasteiger partial charge is 0.306 e. The van der Waals surface area contributed by atoms with E-state index in [-0.39, 0.29) is 12.4 Å². The predicted octanol–water partition coefficient (Wildman–Crippen LogP) is 4.72. The number of benzene rings is 2. The van der Waals surface area contributed by atoms with E-state index in [1.807, 2.05) is 12.1 Å². The molecule has 0 radical (unpaired) electrons. The predicted molar refractivity (Wildman–Crippen MR) is 83.1 cm³/mol. The zero-order valence-electron chi connectivity index (χ0n) is 10.3. The summed E-state index contributed by atoms with van der Waals surface area (Å²) in [5.41, 5.74) is 2.62. The van der Waals surface area contributed by atoms with Crippen LogP contribution in [0.25, 0.3) is 0 Å². The van der Waals surface area contributed by atoms with Gasteiger partial charge in [0.25, 0.3) is 0 Å². The Labute approximate surface area is 123 Å². The second-order valence-electron chi connectivity index (χ2n) is 4.14. The maximum atomic E-state index is 3.52. The number of rotatable bonds is 4. The van der Waals surface area contributed by atoms with Crippen LogP contribution in [0.5, 0.6) is 0 Å². The molecule has 0 aliphatic carbocycles. The van der Waals surface area contributed by atoms with E-state index in [2.05, 4.69) is 70.6 Å². The van der Waals surface area contributed by atoms with Crippen LogP contribution in [0.4, 0.5) is 0 Å². The molecule has 2 aromatic carbocycles. The minimum absolute atomic E-state index is 0. The lowest BCUT2D eigenvalue weighted by Gasteiger charge is -2.14. The van der Waals surface area contributed by atoms with Gasteiger partial charge in [-0.05, 0) is 30.2 Å². The van der Waals surface area contributed by atoms with Crippen LogP contribution in [0.15, 0.2) is 59.1 Å². The van der Waals surface area contributed by atoms with E-state index >= 15 is 0 Å². The van der Waals surface area contributed by atoms with Gasteiger partial charge in [0.1, 0.15) is 0 Å². The number of nitrogens with one attached hydrogen (secondary N) is 1. The highest BCUT2D eigenvalue weighted by Gasteiger charge is 2.04. The van der Waals surface area contributed by atoms with Crippen LogP contribution in [-0.4, -0.2) is 0 Å². The topological polar surface area (TPSA) is 12.0 Å². The lowest BCUT2D eigenvalue weighted by molar-refractivity contribution is 0.574. The van der Waals surface area contributed by atoms with Crippen LogP contribution in [0.3, 0.4) is 0 Å². The highest BCUT2D eigenvalue weighted by atomic mass is 79.9. The maximum Gasteiger partial charge on any atom is 0.0295 e. The molecule has 0 aliphatic rings. The van der Waals surface area contributed by atoms with Crippen LogP contribution in [0.2, 0.25) is 0 Å². The minimum Gasteiger partial charge on any atom is -0.306 e. The Kier molecular flexibility index (Phi) is 6.41. The van der Waals surface area contributed by atoms with Gasteiger partial charge in [-0.1, -0.05) is 58.4 Å². The first-order chi connectivity index (χ1) is 8.25. The van der Waals surface area contributed by atoms with Gasteiger partial charge in [0.05, 0.1) is 0 Å². The Balaban J connectivity index is 0.00000162. The average Bonchev–Trinajstić information content (AvgIpc) is 2.37. The van der Waals surface area contributed by atoms with Crippen LogP contribution < -0.4 is 5.32 Å². The van der Waals surface area contributed by atoms with Gasteiger partial charge in [-0.25, -0.2) is 0 Å². The van der Waals surface area contributed by atoms with Crippen molar-refractivity contribution in [2.45, 2.75) is 19.5 Å². The first-order valence-electron chi connectivity index (χ1n) is 5.78. The zero-order chi connectivity index (χ0) is 12.1. The molecule has 0 amide bonds. The van der Waals surface area contributed by atoms with Crippen molar-refractivity contribution in [3.8, 4) is 0 Å². The summed E-state index contributed by atoms with van der Waals surface area (Å²) in [6.07, 6.45) is 0. The van der Waals surface area contributed by atoms with Gasteiger partial charge in [-0.3, -0.25) is 0 Å². The summed E-state index contributed by atoms with van der Waals surface area (Å²) in [5.74, 6) is 0. The molecule has 0 spiro atoms. The van der Waals surface area contributed by atoms with Gasteiger partial charge < -0.3 is 5.32 Å². The fourth-order valence-electron chi connectivity index (χ4n) is 1.76. The van der Waals surface area contributed by atoms with Gasteiger partial charge in [0, 0.05) is 17.1 Å². The molecule has 0 saturated heterocycles. The van der Waals surface area contributed by atoms with Gasteiger partial charge in [-0.2, -0.15) is 0 Å². The van der Waals surface area contributed by atoms with E-state index in [0.717, 1.165) is 11.0 Å². The van der Waals surface area contributed by atoms with Gasteiger partial charge in [0.2, 0.25) is 0 Å². The average molecular weight is 327 g/mol. The lowest BCUT2D eigenvalue weighted by Crippen LogP contribution is -2.17. The molecule has 0 aromatic heterocycles. The van der Waals surface area contributed by atoms with Crippen molar-refractivity contribution in [1.82, 2.24) is 5.32 Å². The second kappa shape index (κ2) is 7.57. The highest BCUT2D eigenvalue weighted by Crippen LogP contribution is 2.18. The summed E-state index contributed by atoms with van der Waals surface area (Å²) < 4.78 is 1.13. The summed E-state index contributed by atoms with van der Waals surface area (Å²) in [6, 6.07) is 19.2. The molecule has 3 heteroatoms. The van der Waals surface area contributed by atoms with E-state index < -0.39 is 0 Å². The summed E-state index contributed by atoms with van der Waals surface area (Å²) in [7, 11) is 0. The summed E-state index contributed by atoms with van der Waals surface area (Å²) >= 11 is 3.50. The van der Waals surface area contributed by atoms with Crippen molar-refractivity contribution in [3.05, 3.63) is 70.2 Å². The maximum absolute atomic E-state index is 3.52. The number of hydrogen-bond donors (Lipinski definition) is 1. The summed E-state index contributed by atoms with van der Waals surface area (Å²) in [5, 5.41) is 3.52. The lowest BCUT2D eigenvalue weighted by atomic mass is 10.1. The molecule has 0 saturated carbocycles. The molecular formula is C15H17BrClN. The van der Waals surface area contributed by atoms with Crippen molar-refractivity contribution in [3.63, 3.8) is 0 Å². The van der Waals surface area contributed by atoms with E-state index in [1.165, 1.54) is 11.1 Å². The quantitative estimate of drug-likeness (QED) is 0.857. The van der Waals surface area contributed by atoms with Crippen LogP contribution in [-0.2, 0) is 6.54 Å². The second-order valence-corrected chi connectivity index (χ2v) is 5.06. The molecule has 0 unspecified atom stereocenters. The first kappa shape index (κ1) is 15.2. The van der Waals surface area contributed by atoms with Crippen molar-refractivity contribution < 1.29 is 0 Å². The van der Waals surface area contributed by atoms with E-state index in [0.29, 0.717) is 6.04 Å².